The SMILES string of the molecule is CC(=O)c1ccc2nc(-c3ccc(NC(=O)C4=Cc5ccccc5OC4)cc3)n(O)c2c1. The van der Waals surface area contributed by atoms with Crippen LogP contribution >= 0.6 is 0 Å². The second-order valence-corrected chi connectivity index (χ2v) is 7.53. The lowest BCUT2D eigenvalue weighted by Crippen LogP contribution is -2.21. The zero-order chi connectivity index (χ0) is 22.2. The molecule has 0 fully saturated rings. The Labute approximate surface area is 183 Å². The average molecular weight is 425 g/mol. The Morgan fingerprint density at radius 3 is 2.62 bits per heavy atom. The van der Waals surface area contributed by atoms with Gasteiger partial charge in [-0.15, -0.1) is 0 Å². The molecule has 0 aliphatic carbocycles. The van der Waals surface area contributed by atoms with Gasteiger partial charge in [-0.1, -0.05) is 18.2 Å². The van der Waals surface area contributed by atoms with E-state index in [1.165, 1.54) is 6.92 Å². The third-order valence-corrected chi connectivity index (χ3v) is 5.36. The number of nitrogens with one attached hydrogen (secondary N) is 1. The van der Waals surface area contributed by atoms with Crippen molar-refractivity contribution < 1.29 is 19.5 Å². The van der Waals surface area contributed by atoms with Crippen molar-refractivity contribution in [3.8, 4) is 17.1 Å². The van der Waals surface area contributed by atoms with Gasteiger partial charge in [-0.3, -0.25) is 9.59 Å². The lowest BCUT2D eigenvalue weighted by atomic mass is 10.1. The number of Topliss-reactive ketones (excluding diaryl/α,β-unsaturated/α-hetero) is 1. The summed E-state index contributed by atoms with van der Waals surface area (Å²) in [6.07, 6.45) is 1.83. The zero-order valence-electron chi connectivity index (χ0n) is 17.2. The molecule has 1 aliphatic rings. The maximum atomic E-state index is 12.6. The number of para-hydroxylation sites is 1. The standard InChI is InChI=1S/C25H19N3O4/c1-15(29)17-8-11-21-22(13-17)28(31)24(27-21)16-6-9-20(10-7-16)26-25(30)19-12-18-4-2-3-5-23(18)32-14-19/h2-13,31H,14H2,1H3,(H,26,30). The van der Waals surface area contributed by atoms with Crippen molar-refractivity contribution in [1.29, 1.82) is 0 Å². The van der Waals surface area contributed by atoms with E-state index < -0.39 is 0 Å². The molecule has 0 radical (unpaired) electrons. The molecule has 7 nitrogen and oxygen atoms in total. The van der Waals surface area contributed by atoms with Crippen molar-refractivity contribution >= 4 is 34.5 Å². The molecule has 0 atom stereocenters. The van der Waals surface area contributed by atoms with E-state index in [0.29, 0.717) is 39.2 Å². The largest absolute Gasteiger partial charge is 0.488 e. The molecular formula is C25H19N3O4. The Kier molecular flexibility index (Phi) is 4.71. The van der Waals surface area contributed by atoms with Gasteiger partial charge in [-0.25, -0.2) is 4.98 Å². The van der Waals surface area contributed by atoms with E-state index >= 15 is 0 Å². The van der Waals surface area contributed by atoms with Crippen LogP contribution in [0.1, 0.15) is 22.8 Å². The predicted molar refractivity (Wildman–Crippen MR) is 121 cm³/mol. The van der Waals surface area contributed by atoms with Gasteiger partial charge in [0.25, 0.3) is 5.91 Å². The number of fused-ring (bicyclic) bond motifs is 2. The third-order valence-electron chi connectivity index (χ3n) is 5.36. The van der Waals surface area contributed by atoms with Gasteiger partial charge in [0.05, 0.1) is 11.1 Å². The molecule has 0 saturated carbocycles. The van der Waals surface area contributed by atoms with Crippen molar-refractivity contribution in [3.05, 3.63) is 83.4 Å². The van der Waals surface area contributed by atoms with Crippen molar-refractivity contribution in [2.24, 2.45) is 0 Å². The highest BCUT2D eigenvalue weighted by molar-refractivity contribution is 6.07. The van der Waals surface area contributed by atoms with Crippen molar-refractivity contribution in [2.75, 3.05) is 11.9 Å². The summed E-state index contributed by atoms with van der Waals surface area (Å²) >= 11 is 0. The molecule has 4 aromatic rings. The van der Waals surface area contributed by atoms with E-state index in [1.807, 2.05) is 30.3 Å². The average Bonchev–Trinajstić information content (AvgIpc) is 3.15. The predicted octanol–water partition coefficient (Wildman–Crippen LogP) is 4.56. The van der Waals surface area contributed by atoms with Gasteiger partial charge >= 0.3 is 0 Å². The molecule has 3 aromatic carbocycles. The number of imidazole rings is 1. The second-order valence-electron chi connectivity index (χ2n) is 7.53. The van der Waals surface area contributed by atoms with Crippen LogP contribution in [0.4, 0.5) is 5.69 Å². The normalized spacial score (nSPS) is 12.6. The van der Waals surface area contributed by atoms with Crippen LogP contribution in [-0.2, 0) is 4.79 Å². The summed E-state index contributed by atoms with van der Waals surface area (Å²) in [5.74, 6) is 0.782. The number of amides is 1. The fourth-order valence-electron chi connectivity index (χ4n) is 3.63. The molecule has 0 saturated heterocycles. The Balaban J connectivity index is 1.37. The van der Waals surface area contributed by atoms with Gasteiger partial charge in [-0.2, -0.15) is 4.73 Å². The Morgan fingerprint density at radius 2 is 1.84 bits per heavy atom. The van der Waals surface area contributed by atoms with Crippen LogP contribution in [0.2, 0.25) is 0 Å². The van der Waals surface area contributed by atoms with Gasteiger partial charge in [0.15, 0.2) is 11.6 Å². The minimum atomic E-state index is -0.238. The molecule has 2 N–H and O–H groups in total. The van der Waals surface area contributed by atoms with Crippen molar-refractivity contribution in [2.45, 2.75) is 6.92 Å². The highest BCUT2D eigenvalue weighted by Gasteiger charge is 2.18. The number of rotatable bonds is 4. The van der Waals surface area contributed by atoms with Crippen LogP contribution in [0.15, 0.2) is 72.3 Å². The molecule has 158 valence electrons. The summed E-state index contributed by atoms with van der Waals surface area (Å²) < 4.78 is 6.62. The molecule has 0 spiro atoms. The fraction of sp³-hybridized carbons (Fsp3) is 0.0800. The zero-order valence-corrected chi connectivity index (χ0v) is 17.2. The van der Waals surface area contributed by atoms with E-state index in [0.717, 1.165) is 16.0 Å². The Morgan fingerprint density at radius 1 is 1.06 bits per heavy atom. The molecular weight excluding hydrogens is 406 g/mol. The topological polar surface area (TPSA) is 93.5 Å². The number of carbonyl (C=O) groups is 2. The van der Waals surface area contributed by atoms with Gasteiger partial charge in [0.2, 0.25) is 0 Å². The molecule has 5 rings (SSSR count). The van der Waals surface area contributed by atoms with E-state index in [4.69, 9.17) is 4.74 Å². The number of anilines is 1. The van der Waals surface area contributed by atoms with Gasteiger partial charge < -0.3 is 15.3 Å². The van der Waals surface area contributed by atoms with Crippen LogP contribution in [0.5, 0.6) is 5.75 Å². The van der Waals surface area contributed by atoms with Gasteiger partial charge in [-0.05, 0) is 61.5 Å². The maximum Gasteiger partial charge on any atom is 0.255 e. The molecule has 1 amide bonds. The van der Waals surface area contributed by atoms with E-state index in [1.54, 1.807) is 42.5 Å². The number of hydrogen-bond acceptors (Lipinski definition) is 5. The summed E-state index contributed by atoms with van der Waals surface area (Å²) in [6.45, 7) is 1.68. The van der Waals surface area contributed by atoms with Crippen LogP contribution < -0.4 is 10.1 Å². The number of carbonyl (C=O) groups excluding carboxylic acids is 2. The van der Waals surface area contributed by atoms with E-state index in [-0.39, 0.29) is 18.3 Å². The van der Waals surface area contributed by atoms with Crippen LogP contribution in [0.3, 0.4) is 0 Å². The van der Waals surface area contributed by atoms with Gasteiger partial charge in [0, 0.05) is 22.4 Å². The number of hydrogen-bond donors (Lipinski definition) is 2. The molecule has 1 aromatic heterocycles. The Hall–Kier alpha value is -4.39. The number of nitrogens with zero attached hydrogens (tertiary/aromatic N) is 2. The summed E-state index contributed by atoms with van der Waals surface area (Å²) in [4.78, 5) is 28.7. The minimum Gasteiger partial charge on any atom is -0.488 e. The smallest absolute Gasteiger partial charge is 0.255 e. The summed E-state index contributed by atoms with van der Waals surface area (Å²) in [5, 5.41) is 13.4. The number of benzene rings is 3. The van der Waals surface area contributed by atoms with Crippen LogP contribution in [-0.4, -0.2) is 33.2 Å². The first-order valence-corrected chi connectivity index (χ1v) is 10.1. The molecule has 2 heterocycles. The van der Waals surface area contributed by atoms with Crippen molar-refractivity contribution in [3.63, 3.8) is 0 Å². The molecule has 0 unspecified atom stereocenters. The minimum absolute atomic E-state index is 0.0864. The molecule has 0 bridgehead atoms. The first-order chi connectivity index (χ1) is 15.5. The Bertz CT molecular complexity index is 1400. The number of aromatic nitrogens is 2. The van der Waals surface area contributed by atoms with Crippen LogP contribution in [0, 0.1) is 0 Å². The summed E-state index contributed by atoms with van der Waals surface area (Å²) in [5.41, 5.74) is 4.21. The highest BCUT2D eigenvalue weighted by Crippen LogP contribution is 2.28. The monoisotopic (exact) mass is 425 g/mol. The highest BCUT2D eigenvalue weighted by atomic mass is 16.5. The summed E-state index contributed by atoms with van der Waals surface area (Å²) in [6, 6.07) is 19.6. The first-order valence-electron chi connectivity index (χ1n) is 10.1. The van der Waals surface area contributed by atoms with E-state index in [2.05, 4.69) is 10.3 Å². The molecule has 32 heavy (non-hydrogen) atoms. The number of ketones is 1. The quantitative estimate of drug-likeness (QED) is 0.369. The second kappa shape index (κ2) is 7.70. The fourth-order valence-corrected chi connectivity index (χ4v) is 3.63. The number of ether oxygens (including phenoxy) is 1. The third kappa shape index (κ3) is 3.50. The van der Waals surface area contributed by atoms with Crippen LogP contribution in [0.25, 0.3) is 28.5 Å². The lowest BCUT2D eigenvalue weighted by Gasteiger charge is -2.17. The maximum absolute atomic E-state index is 12.6. The summed E-state index contributed by atoms with van der Waals surface area (Å²) in [7, 11) is 0. The molecule has 1 aliphatic heterocycles. The van der Waals surface area contributed by atoms with Gasteiger partial charge in [0.1, 0.15) is 17.9 Å². The first kappa shape index (κ1) is 19.6. The van der Waals surface area contributed by atoms with Crippen molar-refractivity contribution in [1.82, 2.24) is 9.71 Å². The lowest BCUT2D eigenvalue weighted by molar-refractivity contribution is -0.113. The van der Waals surface area contributed by atoms with E-state index in [9.17, 15) is 14.8 Å². The molecule has 7 heteroatoms.